The molecule has 174 valence electrons. The molecule has 1 heterocycles. The van der Waals surface area contributed by atoms with Gasteiger partial charge in [-0.25, -0.2) is 0 Å². The van der Waals surface area contributed by atoms with Crippen molar-refractivity contribution >= 4 is 11.6 Å². The lowest BCUT2D eigenvalue weighted by Gasteiger charge is -2.41. The molecule has 2 aromatic carbocycles. The quantitative estimate of drug-likeness (QED) is 0.476. The molecule has 3 aromatic rings. The van der Waals surface area contributed by atoms with Gasteiger partial charge in [0.15, 0.2) is 11.5 Å². The van der Waals surface area contributed by atoms with Gasteiger partial charge in [-0.2, -0.15) is 0 Å². The van der Waals surface area contributed by atoms with E-state index in [1.54, 1.807) is 25.1 Å². The summed E-state index contributed by atoms with van der Waals surface area (Å²) in [5.74, 6) is -0.992. The van der Waals surface area contributed by atoms with Crippen LogP contribution >= 0.6 is 0 Å². The second kappa shape index (κ2) is 8.44. The van der Waals surface area contributed by atoms with Gasteiger partial charge in [-0.3, -0.25) is 14.7 Å². The van der Waals surface area contributed by atoms with Crippen LogP contribution in [0.4, 0.5) is 5.69 Å². The average molecular weight is 452 g/mol. The summed E-state index contributed by atoms with van der Waals surface area (Å²) in [4.78, 5) is 26.5. The zero-order chi connectivity index (χ0) is 23.9. The van der Waals surface area contributed by atoms with Gasteiger partial charge in [-0.05, 0) is 50.1 Å². The van der Waals surface area contributed by atoms with Crippen LogP contribution in [0.2, 0.25) is 0 Å². The molecule has 1 aliphatic rings. The number of rotatable bonds is 5. The minimum absolute atomic E-state index is 0.135. The SMILES string of the molecule is COc1ccc(C2c3c([nH][nH]c3=O)CC(C)(O)C2C(=O)Nc2ccc(C)cc2C)cc1OC. The highest BCUT2D eigenvalue weighted by Crippen LogP contribution is 2.46. The van der Waals surface area contributed by atoms with Crippen LogP contribution in [-0.4, -0.2) is 41.0 Å². The monoisotopic (exact) mass is 451 g/mol. The summed E-state index contributed by atoms with van der Waals surface area (Å²) in [5, 5.41) is 19.9. The molecule has 8 nitrogen and oxygen atoms in total. The van der Waals surface area contributed by atoms with Crippen molar-refractivity contribution in [2.75, 3.05) is 19.5 Å². The van der Waals surface area contributed by atoms with Gasteiger partial charge >= 0.3 is 0 Å². The number of aromatic nitrogens is 2. The van der Waals surface area contributed by atoms with Crippen LogP contribution in [0.5, 0.6) is 11.5 Å². The molecule has 3 atom stereocenters. The van der Waals surface area contributed by atoms with E-state index in [0.29, 0.717) is 34.0 Å². The van der Waals surface area contributed by atoms with Crippen LogP contribution in [-0.2, 0) is 11.2 Å². The number of aromatic amines is 2. The Morgan fingerprint density at radius 1 is 1.09 bits per heavy atom. The van der Waals surface area contributed by atoms with Crippen molar-refractivity contribution in [1.29, 1.82) is 0 Å². The summed E-state index contributed by atoms with van der Waals surface area (Å²) in [6, 6.07) is 11.0. The van der Waals surface area contributed by atoms with Crippen molar-refractivity contribution in [3.8, 4) is 11.5 Å². The first kappa shape index (κ1) is 22.7. The largest absolute Gasteiger partial charge is 0.493 e. The Kier molecular flexibility index (Phi) is 5.80. The Balaban J connectivity index is 1.85. The minimum atomic E-state index is -1.42. The molecule has 8 heteroatoms. The molecule has 0 radical (unpaired) electrons. The molecule has 33 heavy (non-hydrogen) atoms. The van der Waals surface area contributed by atoms with Crippen molar-refractivity contribution in [1.82, 2.24) is 10.2 Å². The van der Waals surface area contributed by atoms with Crippen molar-refractivity contribution in [3.05, 3.63) is 74.7 Å². The predicted molar refractivity (Wildman–Crippen MR) is 125 cm³/mol. The summed E-state index contributed by atoms with van der Waals surface area (Å²) >= 11 is 0. The van der Waals surface area contributed by atoms with Gasteiger partial charge in [0, 0.05) is 29.3 Å². The van der Waals surface area contributed by atoms with Gasteiger partial charge in [0.05, 0.1) is 25.7 Å². The maximum atomic E-state index is 13.7. The number of methoxy groups -OCH3 is 2. The summed E-state index contributed by atoms with van der Waals surface area (Å²) in [6.07, 6.45) is 0.135. The third-order valence-corrected chi connectivity index (χ3v) is 6.43. The Morgan fingerprint density at radius 3 is 2.48 bits per heavy atom. The third-order valence-electron chi connectivity index (χ3n) is 6.43. The van der Waals surface area contributed by atoms with Crippen molar-refractivity contribution < 1.29 is 19.4 Å². The number of carbonyl (C=O) groups excluding carboxylic acids is 1. The van der Waals surface area contributed by atoms with Crippen molar-refractivity contribution in [2.45, 2.75) is 38.7 Å². The molecule has 4 N–H and O–H groups in total. The number of aliphatic hydroxyl groups is 1. The molecule has 0 bridgehead atoms. The number of aryl methyl sites for hydroxylation is 2. The number of hydrogen-bond donors (Lipinski definition) is 4. The van der Waals surface area contributed by atoms with E-state index in [-0.39, 0.29) is 17.9 Å². The number of nitrogens with one attached hydrogen (secondary N) is 3. The number of H-pyrrole nitrogens is 2. The van der Waals surface area contributed by atoms with Crippen molar-refractivity contribution in [3.63, 3.8) is 0 Å². The molecule has 0 spiro atoms. The molecular formula is C25H29N3O5. The highest BCUT2D eigenvalue weighted by Gasteiger charge is 2.50. The van der Waals surface area contributed by atoms with E-state index in [2.05, 4.69) is 15.5 Å². The normalized spacial score (nSPS) is 21.9. The first-order valence-electron chi connectivity index (χ1n) is 10.8. The van der Waals surface area contributed by atoms with Crippen LogP contribution in [0, 0.1) is 19.8 Å². The Labute approximate surface area is 191 Å². The second-order valence-corrected chi connectivity index (χ2v) is 8.88. The van der Waals surface area contributed by atoms with E-state index in [0.717, 1.165) is 11.1 Å². The van der Waals surface area contributed by atoms with Gasteiger partial charge in [0.25, 0.3) is 5.56 Å². The fourth-order valence-corrected chi connectivity index (χ4v) is 4.87. The fourth-order valence-electron chi connectivity index (χ4n) is 4.87. The number of amides is 1. The molecule has 1 aliphatic carbocycles. The van der Waals surface area contributed by atoms with E-state index < -0.39 is 17.4 Å². The Morgan fingerprint density at radius 2 is 1.82 bits per heavy atom. The molecule has 0 fully saturated rings. The molecule has 1 amide bonds. The maximum absolute atomic E-state index is 13.7. The van der Waals surface area contributed by atoms with Gasteiger partial charge in [0.1, 0.15) is 0 Å². The second-order valence-electron chi connectivity index (χ2n) is 8.88. The van der Waals surface area contributed by atoms with E-state index in [9.17, 15) is 14.7 Å². The summed E-state index contributed by atoms with van der Waals surface area (Å²) in [6.45, 7) is 5.53. The summed E-state index contributed by atoms with van der Waals surface area (Å²) < 4.78 is 10.8. The van der Waals surface area contributed by atoms with Crippen LogP contribution in [0.15, 0.2) is 41.2 Å². The fraction of sp³-hybridized carbons (Fsp3) is 0.360. The first-order valence-corrected chi connectivity index (χ1v) is 10.8. The van der Waals surface area contributed by atoms with Gasteiger partial charge < -0.3 is 25.0 Å². The summed E-state index contributed by atoms with van der Waals surface area (Å²) in [7, 11) is 3.07. The zero-order valence-corrected chi connectivity index (χ0v) is 19.4. The number of anilines is 1. The number of carbonyl (C=O) groups is 1. The average Bonchev–Trinajstić information content (AvgIpc) is 3.12. The van der Waals surface area contributed by atoms with Crippen LogP contribution < -0.4 is 20.3 Å². The number of ether oxygens (including phenoxy) is 2. The molecule has 4 rings (SSSR count). The number of hydrogen-bond acceptors (Lipinski definition) is 5. The first-order chi connectivity index (χ1) is 15.7. The van der Waals surface area contributed by atoms with E-state index in [4.69, 9.17) is 9.47 Å². The lowest BCUT2D eigenvalue weighted by atomic mass is 9.66. The van der Waals surface area contributed by atoms with Crippen LogP contribution in [0.1, 0.15) is 40.8 Å². The predicted octanol–water partition coefficient (Wildman–Crippen LogP) is 3.03. The topological polar surface area (TPSA) is 116 Å². The van der Waals surface area contributed by atoms with Crippen LogP contribution in [0.3, 0.4) is 0 Å². The van der Waals surface area contributed by atoms with Crippen molar-refractivity contribution in [2.24, 2.45) is 5.92 Å². The molecule has 3 unspecified atom stereocenters. The molecule has 0 aliphatic heterocycles. The lowest BCUT2D eigenvalue weighted by Crippen LogP contribution is -2.51. The molecule has 0 saturated heterocycles. The van der Waals surface area contributed by atoms with E-state index in [1.165, 1.54) is 14.2 Å². The Hall–Kier alpha value is -3.52. The Bertz CT molecular complexity index is 1260. The highest BCUT2D eigenvalue weighted by atomic mass is 16.5. The highest BCUT2D eigenvalue weighted by molar-refractivity contribution is 5.95. The van der Waals surface area contributed by atoms with Gasteiger partial charge in [0.2, 0.25) is 5.91 Å². The summed E-state index contributed by atoms with van der Waals surface area (Å²) in [5.41, 5.74) is 2.63. The minimum Gasteiger partial charge on any atom is -0.493 e. The lowest BCUT2D eigenvalue weighted by molar-refractivity contribution is -0.130. The smallest absolute Gasteiger partial charge is 0.267 e. The van der Waals surface area contributed by atoms with E-state index in [1.807, 2.05) is 32.0 Å². The molecule has 1 aromatic heterocycles. The van der Waals surface area contributed by atoms with Gasteiger partial charge in [-0.1, -0.05) is 23.8 Å². The third kappa shape index (κ3) is 4.02. The number of benzene rings is 2. The van der Waals surface area contributed by atoms with Crippen LogP contribution in [0.25, 0.3) is 0 Å². The number of fused-ring (bicyclic) bond motifs is 1. The zero-order valence-electron chi connectivity index (χ0n) is 19.4. The standard InChI is InChI=1S/C25H29N3O5/c1-13-6-8-16(14(2)10-13)26-24(30)22-20(15-7-9-18(32-4)19(11-15)33-5)21-17(12-25(22,3)31)27-28-23(21)29/h6-11,20,22,31H,12H2,1-5H3,(H,26,30)(H2,27,28,29). The molecular weight excluding hydrogens is 422 g/mol. The maximum Gasteiger partial charge on any atom is 0.267 e. The van der Waals surface area contributed by atoms with Gasteiger partial charge in [-0.15, -0.1) is 0 Å². The molecule has 0 saturated carbocycles. The van der Waals surface area contributed by atoms with E-state index >= 15 is 0 Å².